The fourth-order valence-electron chi connectivity index (χ4n) is 1.56. The van der Waals surface area contributed by atoms with Gasteiger partial charge in [0, 0.05) is 12.8 Å². The van der Waals surface area contributed by atoms with E-state index in [4.69, 9.17) is 92.8 Å². The molecule has 0 radical (unpaired) electrons. The van der Waals surface area contributed by atoms with Gasteiger partial charge in [0.25, 0.3) is 0 Å². The lowest BCUT2D eigenvalue weighted by atomic mass is 10.0. The zero-order valence-electron chi connectivity index (χ0n) is 9.90. The van der Waals surface area contributed by atoms with Crippen molar-refractivity contribution in [1.29, 1.82) is 0 Å². The lowest BCUT2D eigenvalue weighted by Gasteiger charge is -2.18. The maximum absolute atomic E-state index is 6.18. The molecule has 0 saturated carbocycles. The van der Waals surface area contributed by atoms with Crippen LogP contribution in [0.1, 0.15) is 34.7 Å². The van der Waals surface area contributed by atoms with Crippen LogP contribution < -0.4 is 0 Å². The van der Waals surface area contributed by atoms with E-state index in [1.165, 1.54) is 0 Å². The molecule has 20 heavy (non-hydrogen) atoms. The van der Waals surface area contributed by atoms with Gasteiger partial charge >= 0.3 is 0 Å². The maximum atomic E-state index is 6.18. The molecule has 114 valence electrons. The van der Waals surface area contributed by atoms with E-state index in [1.807, 2.05) is 24.3 Å². The van der Waals surface area contributed by atoms with Gasteiger partial charge in [-0.1, -0.05) is 93.9 Å². The van der Waals surface area contributed by atoms with Crippen molar-refractivity contribution in [3.63, 3.8) is 0 Å². The van der Waals surface area contributed by atoms with Gasteiger partial charge in [-0.25, -0.2) is 0 Å². The Balaban J connectivity index is 2.73. The Morgan fingerprint density at radius 1 is 0.650 bits per heavy atom. The SMILES string of the molecule is ClC(CC(Cl)(Cl)Cl)c1ccc(C(Cl)CC(Cl)(Cl)Cl)cc1. The highest BCUT2D eigenvalue weighted by molar-refractivity contribution is 6.68. The monoisotopic (exact) mass is 434 g/mol. The molecule has 2 unspecified atom stereocenters. The number of alkyl halides is 8. The summed E-state index contributed by atoms with van der Waals surface area (Å²) in [5.41, 5.74) is 1.67. The van der Waals surface area contributed by atoms with E-state index in [0.29, 0.717) is 0 Å². The first-order valence-corrected chi connectivity index (χ1v) is 8.63. The van der Waals surface area contributed by atoms with E-state index in [2.05, 4.69) is 0 Å². The van der Waals surface area contributed by atoms with Crippen LogP contribution in [0.15, 0.2) is 24.3 Å². The number of hydrogen-bond donors (Lipinski definition) is 0. The summed E-state index contributed by atoms with van der Waals surface area (Å²) in [5.74, 6) is 0. The summed E-state index contributed by atoms with van der Waals surface area (Å²) in [5, 5.41) is -0.808. The molecule has 0 aliphatic carbocycles. The zero-order valence-corrected chi connectivity index (χ0v) is 15.9. The molecule has 1 aromatic rings. The molecule has 0 heterocycles. The number of halogens is 8. The van der Waals surface area contributed by atoms with E-state index in [0.717, 1.165) is 11.1 Å². The third-order valence-electron chi connectivity index (χ3n) is 2.48. The van der Waals surface area contributed by atoms with Gasteiger partial charge in [-0.2, -0.15) is 0 Å². The van der Waals surface area contributed by atoms with Gasteiger partial charge in [-0.15, -0.1) is 23.2 Å². The molecule has 0 aromatic heterocycles. The lowest BCUT2D eigenvalue weighted by Crippen LogP contribution is -2.08. The molecular formula is C12H10Cl8. The van der Waals surface area contributed by atoms with Crippen LogP contribution >= 0.6 is 92.8 Å². The first-order chi connectivity index (χ1) is 8.98. The van der Waals surface area contributed by atoms with Crippen LogP contribution in [0.4, 0.5) is 0 Å². The quantitative estimate of drug-likeness (QED) is 0.422. The molecule has 1 rings (SSSR count). The normalized spacial score (nSPS) is 16.0. The Morgan fingerprint density at radius 3 is 1.10 bits per heavy atom. The highest BCUT2D eigenvalue weighted by Crippen LogP contribution is 2.41. The fraction of sp³-hybridized carbons (Fsp3) is 0.500. The van der Waals surface area contributed by atoms with Crippen molar-refractivity contribution in [1.82, 2.24) is 0 Å². The molecule has 0 saturated heterocycles. The number of rotatable bonds is 4. The molecule has 0 fully saturated rings. The van der Waals surface area contributed by atoms with E-state index in [-0.39, 0.29) is 12.8 Å². The van der Waals surface area contributed by atoms with Crippen LogP contribution in [0.2, 0.25) is 0 Å². The van der Waals surface area contributed by atoms with Crippen LogP contribution in [0.3, 0.4) is 0 Å². The van der Waals surface area contributed by atoms with Crippen molar-refractivity contribution in [2.75, 3.05) is 0 Å². The van der Waals surface area contributed by atoms with Gasteiger partial charge in [-0.05, 0) is 11.1 Å². The molecule has 2 atom stereocenters. The maximum Gasteiger partial charge on any atom is 0.192 e. The average Bonchev–Trinajstić information content (AvgIpc) is 2.24. The third kappa shape index (κ3) is 7.70. The number of hydrogen-bond acceptors (Lipinski definition) is 0. The molecule has 0 amide bonds. The zero-order chi connectivity index (χ0) is 15.6. The Kier molecular flexibility index (Phi) is 7.72. The largest absolute Gasteiger partial charge is 0.192 e. The summed E-state index contributed by atoms with van der Waals surface area (Å²) >= 11 is 46.6. The van der Waals surface area contributed by atoms with E-state index >= 15 is 0 Å². The molecule has 8 heteroatoms. The summed E-state index contributed by atoms with van der Waals surface area (Å²) in [7, 11) is 0. The van der Waals surface area contributed by atoms with Crippen LogP contribution in [0, 0.1) is 0 Å². The van der Waals surface area contributed by atoms with Gasteiger partial charge < -0.3 is 0 Å². The second-order valence-corrected chi connectivity index (χ2v) is 10.3. The van der Waals surface area contributed by atoms with Crippen molar-refractivity contribution in [3.8, 4) is 0 Å². The predicted molar refractivity (Wildman–Crippen MR) is 93.4 cm³/mol. The minimum atomic E-state index is -1.39. The summed E-state index contributed by atoms with van der Waals surface area (Å²) < 4.78 is -2.79. The Hall–Kier alpha value is 1.54. The molecule has 0 bridgehead atoms. The molecule has 0 nitrogen and oxygen atoms in total. The summed E-state index contributed by atoms with van der Waals surface area (Å²) in [4.78, 5) is 0. The predicted octanol–water partition coefficient (Wildman–Crippen LogP) is 7.77. The van der Waals surface area contributed by atoms with Crippen molar-refractivity contribution < 1.29 is 0 Å². The lowest BCUT2D eigenvalue weighted by molar-refractivity contribution is 0.808. The molecule has 0 spiro atoms. The van der Waals surface area contributed by atoms with Crippen LogP contribution in [0.25, 0.3) is 0 Å². The van der Waals surface area contributed by atoms with E-state index in [1.54, 1.807) is 0 Å². The molecule has 0 aliphatic heterocycles. The number of benzene rings is 1. The Labute approximate surface area is 158 Å². The smallest absolute Gasteiger partial charge is 0.118 e. The summed E-state index contributed by atoms with van der Waals surface area (Å²) in [6, 6.07) is 7.27. The highest BCUT2D eigenvalue weighted by Gasteiger charge is 2.27. The van der Waals surface area contributed by atoms with Gasteiger partial charge in [0.05, 0.1) is 10.8 Å². The van der Waals surface area contributed by atoms with Crippen LogP contribution in [-0.2, 0) is 0 Å². The molecular weight excluding hydrogens is 428 g/mol. The first-order valence-electron chi connectivity index (χ1n) is 5.49. The second-order valence-electron chi connectivity index (χ2n) is 4.24. The van der Waals surface area contributed by atoms with Gasteiger partial charge in [0.1, 0.15) is 0 Å². The molecule has 0 N–H and O–H groups in total. The Bertz CT molecular complexity index is 376. The summed E-state index contributed by atoms with van der Waals surface area (Å²) in [6.07, 6.45) is 0.411. The van der Waals surface area contributed by atoms with Gasteiger partial charge in [0.2, 0.25) is 0 Å². The van der Waals surface area contributed by atoms with E-state index < -0.39 is 18.3 Å². The van der Waals surface area contributed by atoms with Gasteiger partial charge in [-0.3, -0.25) is 0 Å². The van der Waals surface area contributed by atoms with E-state index in [9.17, 15) is 0 Å². The minimum Gasteiger partial charge on any atom is -0.118 e. The van der Waals surface area contributed by atoms with Crippen molar-refractivity contribution >= 4 is 92.8 Å². The van der Waals surface area contributed by atoms with Crippen molar-refractivity contribution in [3.05, 3.63) is 35.4 Å². The summed E-state index contributed by atoms with van der Waals surface area (Å²) in [6.45, 7) is 0. The van der Waals surface area contributed by atoms with Crippen molar-refractivity contribution in [2.24, 2.45) is 0 Å². The van der Waals surface area contributed by atoms with Crippen LogP contribution in [-0.4, -0.2) is 7.59 Å². The average molecular weight is 438 g/mol. The highest BCUT2D eigenvalue weighted by atomic mass is 35.6. The second kappa shape index (κ2) is 7.88. The van der Waals surface area contributed by atoms with Gasteiger partial charge in [0.15, 0.2) is 7.59 Å². The fourth-order valence-corrected chi connectivity index (χ4v) is 3.71. The third-order valence-corrected chi connectivity index (χ3v) is 4.22. The molecule has 0 aliphatic rings. The van der Waals surface area contributed by atoms with Crippen LogP contribution in [0.5, 0.6) is 0 Å². The molecule has 1 aromatic carbocycles. The topological polar surface area (TPSA) is 0 Å². The minimum absolute atomic E-state index is 0.205. The first kappa shape index (κ1) is 19.6. The van der Waals surface area contributed by atoms with Crippen molar-refractivity contribution in [2.45, 2.75) is 31.2 Å². The standard InChI is InChI=1S/C12H10Cl8/c13-9(5-11(15,16)17)7-1-2-8(4-3-7)10(14)6-12(18,19)20/h1-4,9-10H,5-6H2. The Morgan fingerprint density at radius 2 is 0.900 bits per heavy atom.